The number of aliphatic imine (C=N–C) groups is 1. The first-order chi connectivity index (χ1) is 13.2. The number of carbonyl (C=O) groups excluding carboxylic acids is 3. The summed E-state index contributed by atoms with van der Waals surface area (Å²) in [5, 5.41) is 3.31. The maximum Gasteiger partial charge on any atom is 0.404 e. The van der Waals surface area contributed by atoms with Gasteiger partial charge in [0.2, 0.25) is 11.6 Å². The van der Waals surface area contributed by atoms with Gasteiger partial charge in [0.15, 0.2) is 5.72 Å². The molecule has 0 aromatic carbocycles. The first kappa shape index (κ1) is 18.6. The van der Waals surface area contributed by atoms with Gasteiger partial charge >= 0.3 is 6.09 Å². The van der Waals surface area contributed by atoms with Crippen molar-refractivity contribution in [1.29, 1.82) is 0 Å². The Morgan fingerprint density at radius 3 is 2.75 bits per heavy atom. The molecule has 3 heterocycles. The lowest BCUT2D eigenvalue weighted by Gasteiger charge is -2.39. The highest BCUT2D eigenvalue weighted by molar-refractivity contribution is 6.25. The molecule has 10 nitrogen and oxygen atoms in total. The molecular weight excluding hydrogens is 366 g/mol. The Balaban J connectivity index is 1.81. The molecule has 0 bridgehead atoms. The predicted molar refractivity (Wildman–Crippen MR) is 98.1 cm³/mol. The second kappa shape index (κ2) is 6.14. The maximum atomic E-state index is 13.4. The van der Waals surface area contributed by atoms with Crippen LogP contribution < -0.4 is 11.1 Å². The van der Waals surface area contributed by atoms with E-state index in [1.807, 2.05) is 4.90 Å². The van der Waals surface area contributed by atoms with Crippen molar-refractivity contribution in [1.82, 2.24) is 15.1 Å². The number of ketones is 2. The molecule has 0 unspecified atom stereocenters. The number of amides is 1. The molecule has 1 aliphatic carbocycles. The number of allylic oxidation sites excluding steroid dienone is 2. The molecule has 28 heavy (non-hydrogen) atoms. The maximum absolute atomic E-state index is 13.4. The number of hydrogen-bond acceptors (Lipinski definition) is 8. The monoisotopic (exact) mass is 389 g/mol. The number of fused-ring (bicyclic) bond motifs is 4. The molecule has 0 spiro atoms. The summed E-state index contributed by atoms with van der Waals surface area (Å²) in [4.78, 5) is 45.6. The number of rotatable bonds is 5. The minimum atomic E-state index is -0.975. The summed E-state index contributed by atoms with van der Waals surface area (Å²) in [6.45, 7) is 1.97. The van der Waals surface area contributed by atoms with E-state index in [4.69, 9.17) is 15.2 Å². The number of primary amides is 1. The molecule has 4 aliphatic rings. The van der Waals surface area contributed by atoms with Crippen molar-refractivity contribution in [3.8, 4) is 0 Å². The van der Waals surface area contributed by atoms with Crippen molar-refractivity contribution in [3.63, 3.8) is 0 Å². The van der Waals surface area contributed by atoms with Crippen LogP contribution in [0.1, 0.15) is 6.92 Å². The molecule has 3 N–H and O–H groups in total. The zero-order valence-corrected chi connectivity index (χ0v) is 16.2. The SMILES string of the molecule is CO[C@@]12[C@H](COC(N)=O)C3=C(C(=O)C(C)=C(N=CN(C)C)C3=O)N1C[C@@H]1N[C@@H]12. The first-order valence-corrected chi connectivity index (χ1v) is 9.00. The van der Waals surface area contributed by atoms with Crippen LogP contribution in [0.2, 0.25) is 0 Å². The summed E-state index contributed by atoms with van der Waals surface area (Å²) in [5.41, 5.74) is 5.16. The molecule has 4 atom stereocenters. The molecule has 0 aromatic rings. The number of methoxy groups -OCH3 is 1. The lowest BCUT2D eigenvalue weighted by molar-refractivity contribution is -0.137. The normalized spacial score (nSPS) is 33.4. The van der Waals surface area contributed by atoms with Crippen molar-refractivity contribution in [2.45, 2.75) is 24.7 Å². The van der Waals surface area contributed by atoms with E-state index in [1.54, 1.807) is 25.9 Å². The van der Waals surface area contributed by atoms with Crippen molar-refractivity contribution in [3.05, 3.63) is 22.5 Å². The number of nitrogens with two attached hydrogens (primary N) is 1. The molecule has 1 amide bonds. The van der Waals surface area contributed by atoms with Gasteiger partial charge in [-0.3, -0.25) is 9.59 Å². The molecule has 4 rings (SSSR count). The van der Waals surface area contributed by atoms with Gasteiger partial charge in [0.25, 0.3) is 0 Å². The van der Waals surface area contributed by atoms with Crippen molar-refractivity contribution >= 4 is 24.0 Å². The Bertz CT molecular complexity index is 876. The lowest BCUT2D eigenvalue weighted by Crippen LogP contribution is -2.55. The van der Waals surface area contributed by atoms with Gasteiger partial charge in [-0.1, -0.05) is 0 Å². The van der Waals surface area contributed by atoms with E-state index in [-0.39, 0.29) is 47.1 Å². The number of nitrogens with zero attached hydrogens (tertiary/aromatic N) is 3. The van der Waals surface area contributed by atoms with Gasteiger partial charge in [-0.25, -0.2) is 9.79 Å². The molecule has 10 heteroatoms. The Morgan fingerprint density at radius 2 is 2.14 bits per heavy atom. The molecule has 150 valence electrons. The van der Waals surface area contributed by atoms with Crippen LogP contribution in [-0.2, 0) is 19.1 Å². The number of ether oxygens (including phenoxy) is 2. The van der Waals surface area contributed by atoms with Crippen LogP contribution in [-0.4, -0.2) is 86.0 Å². The van der Waals surface area contributed by atoms with Crippen LogP contribution in [0.4, 0.5) is 4.79 Å². The minimum absolute atomic E-state index is 0.0702. The van der Waals surface area contributed by atoms with E-state index in [0.29, 0.717) is 12.2 Å². The second-order valence-electron chi connectivity index (χ2n) is 7.60. The summed E-state index contributed by atoms with van der Waals surface area (Å²) in [6, 6.07) is 0.0876. The highest BCUT2D eigenvalue weighted by atomic mass is 16.6. The summed E-state index contributed by atoms with van der Waals surface area (Å²) in [5.74, 6) is -1.27. The highest BCUT2D eigenvalue weighted by Gasteiger charge is 2.72. The number of carbonyl (C=O) groups is 3. The molecular formula is C18H23N5O5. The Kier molecular flexibility index (Phi) is 4.09. The van der Waals surface area contributed by atoms with Crippen LogP contribution in [0.25, 0.3) is 0 Å². The third-order valence-corrected chi connectivity index (χ3v) is 5.81. The fraction of sp³-hybridized carbons (Fsp3) is 0.556. The zero-order chi connectivity index (χ0) is 20.4. The molecule has 0 saturated carbocycles. The summed E-state index contributed by atoms with van der Waals surface area (Å²) < 4.78 is 11.0. The number of hydrogen-bond donors (Lipinski definition) is 2. The van der Waals surface area contributed by atoms with Crippen molar-refractivity contribution in [2.24, 2.45) is 16.6 Å². The minimum Gasteiger partial charge on any atom is -0.449 e. The Morgan fingerprint density at radius 1 is 1.43 bits per heavy atom. The van der Waals surface area contributed by atoms with E-state index in [2.05, 4.69) is 10.3 Å². The second-order valence-corrected chi connectivity index (χ2v) is 7.60. The van der Waals surface area contributed by atoms with E-state index >= 15 is 0 Å². The number of nitrogens with one attached hydrogen (secondary N) is 1. The number of piperazine rings is 1. The van der Waals surface area contributed by atoms with Gasteiger partial charge in [0.1, 0.15) is 12.3 Å². The highest BCUT2D eigenvalue weighted by Crippen LogP contribution is 2.55. The predicted octanol–water partition coefficient (Wildman–Crippen LogP) is -1.02. The standard InChI is InChI=1S/C18H23N5O5/c1-8-12(20-7-22(2)3)15(25)11-9(6-28-17(19)26)18(27-4)16-10(21-16)5-23(18)13(11)14(8)24/h7,9-10,16,21H,5-6H2,1-4H3,(H2,19,26)/t9-,10+,16+,18-/m1/s1. The average Bonchev–Trinajstić information content (AvgIpc) is 3.24. The van der Waals surface area contributed by atoms with Gasteiger partial charge in [0, 0.05) is 44.9 Å². The Hall–Kier alpha value is -2.72. The van der Waals surface area contributed by atoms with Gasteiger partial charge in [-0.2, -0.15) is 0 Å². The van der Waals surface area contributed by atoms with Crippen LogP contribution >= 0.6 is 0 Å². The quantitative estimate of drug-likeness (QED) is 0.264. The summed E-state index contributed by atoms with van der Waals surface area (Å²) in [6.07, 6.45) is 0.530. The number of Topliss-reactive ketones (excluding diaryl/α,β-unsaturated/α-hetero) is 2. The summed E-state index contributed by atoms with van der Waals surface area (Å²) >= 11 is 0. The van der Waals surface area contributed by atoms with Gasteiger partial charge in [0.05, 0.1) is 24.0 Å². The smallest absolute Gasteiger partial charge is 0.404 e. The van der Waals surface area contributed by atoms with Crippen molar-refractivity contribution < 1.29 is 23.9 Å². The van der Waals surface area contributed by atoms with Gasteiger partial charge < -0.3 is 30.3 Å². The van der Waals surface area contributed by atoms with Crippen LogP contribution in [0.5, 0.6) is 0 Å². The third-order valence-electron chi connectivity index (χ3n) is 5.81. The van der Waals surface area contributed by atoms with E-state index < -0.39 is 17.7 Å². The average molecular weight is 389 g/mol. The van der Waals surface area contributed by atoms with Gasteiger partial charge in [-0.05, 0) is 6.92 Å². The molecule has 0 aromatic heterocycles. The summed E-state index contributed by atoms with van der Waals surface area (Å²) in [7, 11) is 5.08. The fourth-order valence-corrected chi connectivity index (χ4v) is 4.61. The third kappa shape index (κ3) is 2.34. The van der Waals surface area contributed by atoms with E-state index in [9.17, 15) is 14.4 Å². The van der Waals surface area contributed by atoms with E-state index in [0.717, 1.165) is 0 Å². The van der Waals surface area contributed by atoms with Crippen LogP contribution in [0, 0.1) is 5.92 Å². The first-order valence-electron chi connectivity index (χ1n) is 9.00. The topological polar surface area (TPSA) is 136 Å². The fourth-order valence-electron chi connectivity index (χ4n) is 4.61. The Labute approximate surface area is 162 Å². The van der Waals surface area contributed by atoms with E-state index in [1.165, 1.54) is 13.4 Å². The van der Waals surface area contributed by atoms with Crippen molar-refractivity contribution in [2.75, 3.05) is 34.4 Å². The molecule has 2 fully saturated rings. The molecule has 0 radical (unpaired) electrons. The molecule has 3 aliphatic heterocycles. The lowest BCUT2D eigenvalue weighted by atomic mass is 9.82. The molecule has 2 saturated heterocycles. The largest absolute Gasteiger partial charge is 0.449 e. The van der Waals surface area contributed by atoms with Gasteiger partial charge in [-0.15, -0.1) is 0 Å². The van der Waals surface area contributed by atoms with Crippen LogP contribution in [0.3, 0.4) is 0 Å². The zero-order valence-electron chi connectivity index (χ0n) is 16.2. The van der Waals surface area contributed by atoms with Crippen LogP contribution in [0.15, 0.2) is 27.5 Å².